The normalized spacial score (nSPS) is 13.8. The van der Waals surface area contributed by atoms with E-state index in [4.69, 9.17) is 9.47 Å². The van der Waals surface area contributed by atoms with Gasteiger partial charge < -0.3 is 19.8 Å². The number of anilines is 1. The maximum Gasteiger partial charge on any atom is 0.259 e. The molecule has 1 atom stereocenters. The number of thioether (sulfide) groups is 1. The minimum absolute atomic E-state index is 0.0757. The molecule has 2 N–H and O–H groups in total. The van der Waals surface area contributed by atoms with Crippen molar-refractivity contribution in [3.05, 3.63) is 44.8 Å². The molecule has 1 aromatic carbocycles. The van der Waals surface area contributed by atoms with Crippen molar-refractivity contribution >= 4 is 44.9 Å². The molecule has 4 rings (SSSR count). The minimum Gasteiger partial charge on any atom is -0.497 e. The molecule has 158 valence electrons. The summed E-state index contributed by atoms with van der Waals surface area (Å²) in [5, 5.41) is 3.28. The Bertz CT molecular complexity index is 1160. The molecule has 0 radical (unpaired) electrons. The Morgan fingerprint density at radius 1 is 1.33 bits per heavy atom. The van der Waals surface area contributed by atoms with Crippen molar-refractivity contribution in [2.75, 3.05) is 19.5 Å². The van der Waals surface area contributed by atoms with Crippen LogP contribution in [0.25, 0.3) is 10.2 Å². The van der Waals surface area contributed by atoms with Gasteiger partial charge in [-0.1, -0.05) is 0 Å². The zero-order valence-electron chi connectivity index (χ0n) is 17.0. The number of H-pyrrole nitrogens is 1. The highest BCUT2D eigenvalue weighted by Crippen LogP contribution is 2.35. The van der Waals surface area contributed by atoms with Crippen molar-refractivity contribution in [1.82, 2.24) is 9.97 Å². The molecule has 7 nitrogen and oxygen atoms in total. The van der Waals surface area contributed by atoms with Gasteiger partial charge in [-0.05, 0) is 43.9 Å². The summed E-state index contributed by atoms with van der Waals surface area (Å²) in [5.74, 6) is 2.06. The Morgan fingerprint density at radius 2 is 2.17 bits per heavy atom. The van der Waals surface area contributed by atoms with Gasteiger partial charge in [0.1, 0.15) is 22.2 Å². The van der Waals surface area contributed by atoms with Crippen LogP contribution in [0.2, 0.25) is 0 Å². The predicted octanol–water partition coefficient (Wildman–Crippen LogP) is 3.75. The molecule has 9 heteroatoms. The van der Waals surface area contributed by atoms with Gasteiger partial charge in [0.05, 0.1) is 36.3 Å². The number of ether oxygens (including phenoxy) is 2. The average molecular weight is 446 g/mol. The quantitative estimate of drug-likeness (QED) is 0.575. The van der Waals surface area contributed by atoms with Crippen LogP contribution in [0.4, 0.5) is 5.69 Å². The maximum absolute atomic E-state index is 12.7. The van der Waals surface area contributed by atoms with Gasteiger partial charge in [0, 0.05) is 10.9 Å². The number of thiophene rings is 1. The first-order valence-corrected chi connectivity index (χ1v) is 11.5. The standard InChI is InChI=1S/C21H23N3O4S2/c1-11(19(25)22-14-9-12(27-2)7-8-15(14)28-3)29-10-17-23-20(26)18-13-5-4-6-16(13)30-21(18)24-17/h7-9,11H,4-6,10H2,1-3H3,(H,22,25)(H,23,24,26)/t11-/m1/s1. The van der Waals surface area contributed by atoms with Gasteiger partial charge in [-0.2, -0.15) is 0 Å². The number of nitrogens with zero attached hydrogens (tertiary/aromatic N) is 1. The smallest absolute Gasteiger partial charge is 0.259 e. The predicted molar refractivity (Wildman–Crippen MR) is 121 cm³/mol. The number of fused-ring (bicyclic) bond motifs is 3. The number of amides is 1. The maximum atomic E-state index is 12.7. The number of aryl methyl sites for hydroxylation is 2. The van der Waals surface area contributed by atoms with Gasteiger partial charge >= 0.3 is 0 Å². The first-order chi connectivity index (χ1) is 14.5. The second-order valence-electron chi connectivity index (χ2n) is 7.06. The summed E-state index contributed by atoms with van der Waals surface area (Å²) in [6.07, 6.45) is 3.10. The third kappa shape index (κ3) is 4.04. The first-order valence-electron chi connectivity index (χ1n) is 9.68. The highest BCUT2D eigenvalue weighted by atomic mass is 32.2. The molecule has 3 aromatic rings. The van der Waals surface area contributed by atoms with Crippen LogP contribution in [0.15, 0.2) is 23.0 Å². The fraction of sp³-hybridized carbons (Fsp3) is 0.381. The zero-order chi connectivity index (χ0) is 21.3. The Balaban J connectivity index is 1.44. The summed E-state index contributed by atoms with van der Waals surface area (Å²) in [6.45, 7) is 1.82. The molecule has 0 unspecified atom stereocenters. The molecule has 0 saturated carbocycles. The van der Waals surface area contributed by atoms with Crippen molar-refractivity contribution in [1.29, 1.82) is 0 Å². The molecule has 0 saturated heterocycles. The average Bonchev–Trinajstić information content (AvgIpc) is 3.32. The number of aromatic amines is 1. The number of carbonyl (C=O) groups excluding carboxylic acids is 1. The summed E-state index contributed by atoms with van der Waals surface area (Å²) in [5.41, 5.74) is 1.64. The number of rotatable bonds is 7. The zero-order valence-corrected chi connectivity index (χ0v) is 18.7. The third-order valence-electron chi connectivity index (χ3n) is 5.13. The molecule has 2 aromatic heterocycles. The number of aromatic nitrogens is 2. The topological polar surface area (TPSA) is 93.3 Å². The van der Waals surface area contributed by atoms with Gasteiger partial charge in [0.25, 0.3) is 5.56 Å². The fourth-order valence-electron chi connectivity index (χ4n) is 3.54. The lowest BCUT2D eigenvalue weighted by Gasteiger charge is -2.15. The number of methoxy groups -OCH3 is 2. The summed E-state index contributed by atoms with van der Waals surface area (Å²) in [7, 11) is 3.12. The van der Waals surface area contributed by atoms with E-state index in [0.29, 0.717) is 28.8 Å². The third-order valence-corrected chi connectivity index (χ3v) is 7.47. The van der Waals surface area contributed by atoms with Crippen LogP contribution in [0.1, 0.15) is 29.6 Å². The minimum atomic E-state index is -0.352. The van der Waals surface area contributed by atoms with Gasteiger partial charge in [-0.25, -0.2) is 4.98 Å². The summed E-state index contributed by atoms with van der Waals surface area (Å²) in [6, 6.07) is 5.23. The molecule has 0 bridgehead atoms. The number of carbonyl (C=O) groups is 1. The number of benzene rings is 1. The van der Waals surface area contributed by atoms with E-state index in [1.807, 2.05) is 6.92 Å². The lowest BCUT2D eigenvalue weighted by molar-refractivity contribution is -0.115. The molecule has 30 heavy (non-hydrogen) atoms. The van der Waals surface area contributed by atoms with E-state index in [2.05, 4.69) is 15.3 Å². The van der Waals surface area contributed by atoms with Crippen molar-refractivity contribution in [3.63, 3.8) is 0 Å². The van der Waals surface area contributed by atoms with E-state index >= 15 is 0 Å². The molecule has 0 aliphatic heterocycles. The van der Waals surface area contributed by atoms with Crippen LogP contribution < -0.4 is 20.3 Å². The number of hydrogen-bond donors (Lipinski definition) is 2. The second-order valence-corrected chi connectivity index (χ2v) is 9.47. The van der Waals surface area contributed by atoms with E-state index in [1.54, 1.807) is 43.8 Å². The number of nitrogens with one attached hydrogen (secondary N) is 2. The van der Waals surface area contributed by atoms with Gasteiger partial charge in [0.15, 0.2) is 0 Å². The van der Waals surface area contributed by atoms with Crippen molar-refractivity contribution in [2.24, 2.45) is 0 Å². The van der Waals surface area contributed by atoms with Crippen LogP contribution in [0, 0.1) is 0 Å². The van der Waals surface area contributed by atoms with Gasteiger partial charge in [-0.3, -0.25) is 9.59 Å². The monoisotopic (exact) mass is 445 g/mol. The lowest BCUT2D eigenvalue weighted by Crippen LogP contribution is -2.23. The first kappa shape index (κ1) is 20.7. The molecular weight excluding hydrogens is 422 g/mol. The summed E-state index contributed by atoms with van der Waals surface area (Å²) >= 11 is 3.04. The van der Waals surface area contributed by atoms with Crippen LogP contribution in [0.5, 0.6) is 11.5 Å². The fourth-order valence-corrected chi connectivity index (χ4v) is 5.58. The molecule has 1 amide bonds. The van der Waals surface area contributed by atoms with Crippen LogP contribution in [-0.2, 0) is 23.4 Å². The van der Waals surface area contributed by atoms with Crippen LogP contribution in [0.3, 0.4) is 0 Å². The molecule has 0 spiro atoms. The van der Waals surface area contributed by atoms with Gasteiger partial charge in [-0.15, -0.1) is 23.1 Å². The van der Waals surface area contributed by atoms with E-state index in [9.17, 15) is 9.59 Å². The molecule has 2 heterocycles. The number of hydrogen-bond acceptors (Lipinski definition) is 7. The molecule has 1 aliphatic carbocycles. The largest absolute Gasteiger partial charge is 0.497 e. The van der Waals surface area contributed by atoms with Crippen LogP contribution >= 0.6 is 23.1 Å². The highest BCUT2D eigenvalue weighted by Gasteiger charge is 2.22. The lowest BCUT2D eigenvalue weighted by atomic mass is 10.2. The Morgan fingerprint density at radius 3 is 2.93 bits per heavy atom. The Labute approximate surface area is 182 Å². The molecule has 1 aliphatic rings. The summed E-state index contributed by atoms with van der Waals surface area (Å²) < 4.78 is 10.5. The molecular formula is C21H23N3O4S2. The van der Waals surface area contributed by atoms with E-state index < -0.39 is 0 Å². The van der Waals surface area contributed by atoms with Crippen molar-refractivity contribution < 1.29 is 14.3 Å². The Hall–Kier alpha value is -2.52. The van der Waals surface area contributed by atoms with E-state index in [1.165, 1.54) is 22.2 Å². The second kappa shape index (κ2) is 8.69. The van der Waals surface area contributed by atoms with Crippen molar-refractivity contribution in [2.45, 2.75) is 37.2 Å². The molecule has 0 fully saturated rings. The summed E-state index contributed by atoms with van der Waals surface area (Å²) in [4.78, 5) is 34.8. The van der Waals surface area contributed by atoms with Crippen LogP contribution in [-0.4, -0.2) is 35.3 Å². The van der Waals surface area contributed by atoms with Gasteiger partial charge in [0.2, 0.25) is 5.91 Å². The Kier molecular flexibility index (Phi) is 6.01. The highest BCUT2D eigenvalue weighted by molar-refractivity contribution is 7.99. The van der Waals surface area contributed by atoms with E-state index in [-0.39, 0.29) is 16.7 Å². The van der Waals surface area contributed by atoms with E-state index in [0.717, 1.165) is 29.5 Å². The van der Waals surface area contributed by atoms with Crippen molar-refractivity contribution in [3.8, 4) is 11.5 Å². The SMILES string of the molecule is COc1ccc(OC)c(NC(=O)[C@@H](C)SCc2nc3sc4c(c3c(=O)[nH]2)CCC4)c1.